The van der Waals surface area contributed by atoms with Crippen molar-refractivity contribution in [3.05, 3.63) is 29.0 Å². The first-order chi connectivity index (χ1) is 8.08. The van der Waals surface area contributed by atoms with Gasteiger partial charge in [0.2, 0.25) is 0 Å². The highest BCUT2D eigenvalue weighted by Gasteiger charge is 2.28. The van der Waals surface area contributed by atoms with Gasteiger partial charge in [0, 0.05) is 12.4 Å². The molecule has 0 unspecified atom stereocenters. The van der Waals surface area contributed by atoms with Crippen LogP contribution in [0.3, 0.4) is 0 Å². The lowest BCUT2D eigenvalue weighted by Gasteiger charge is -2.25. The number of nitriles is 1. The van der Waals surface area contributed by atoms with Gasteiger partial charge < -0.3 is 5.32 Å². The summed E-state index contributed by atoms with van der Waals surface area (Å²) in [5.41, 5.74) is -0.493. The van der Waals surface area contributed by atoms with Crippen molar-refractivity contribution in [3.8, 4) is 6.07 Å². The van der Waals surface area contributed by atoms with Gasteiger partial charge in [-0.2, -0.15) is 5.26 Å². The normalized spacial score (nSPS) is 10.7. The minimum atomic E-state index is -0.830. The Morgan fingerprint density at radius 3 is 2.71 bits per heavy atom. The Labute approximate surface area is 106 Å². The number of halogens is 1. The maximum absolute atomic E-state index is 12.0. The highest BCUT2D eigenvalue weighted by Crippen LogP contribution is 2.18. The van der Waals surface area contributed by atoms with Crippen molar-refractivity contribution in [3.63, 3.8) is 0 Å². The molecule has 0 saturated carbocycles. The number of nitrogens with one attached hydrogen (secondary N) is 1. The van der Waals surface area contributed by atoms with Gasteiger partial charge in [-0.15, -0.1) is 0 Å². The van der Waals surface area contributed by atoms with Crippen molar-refractivity contribution in [2.24, 2.45) is 0 Å². The number of carbonyl (C=O) groups excluding carboxylic acids is 1. The first kappa shape index (κ1) is 13.5. The van der Waals surface area contributed by atoms with Crippen molar-refractivity contribution in [2.75, 3.05) is 0 Å². The molecule has 0 bridgehead atoms. The molecule has 1 aromatic heterocycles. The van der Waals surface area contributed by atoms with E-state index < -0.39 is 5.54 Å². The summed E-state index contributed by atoms with van der Waals surface area (Å²) < 4.78 is 0. The number of amides is 1. The first-order valence-electron chi connectivity index (χ1n) is 5.42. The van der Waals surface area contributed by atoms with E-state index in [1.807, 2.05) is 13.8 Å². The van der Waals surface area contributed by atoms with Crippen molar-refractivity contribution < 1.29 is 4.79 Å². The van der Waals surface area contributed by atoms with Gasteiger partial charge in [0.25, 0.3) is 5.91 Å². The predicted octanol–water partition coefficient (Wildman–Crippen LogP) is 2.55. The highest BCUT2D eigenvalue weighted by molar-refractivity contribution is 6.33. The van der Waals surface area contributed by atoms with Crippen molar-refractivity contribution >= 4 is 17.5 Å². The molecule has 1 heterocycles. The van der Waals surface area contributed by atoms with Gasteiger partial charge in [0.15, 0.2) is 0 Å². The minimum absolute atomic E-state index is 0.282. The summed E-state index contributed by atoms with van der Waals surface area (Å²) in [6.45, 7) is 3.72. The van der Waals surface area contributed by atoms with Crippen LogP contribution in [0.15, 0.2) is 18.5 Å². The number of nitrogens with zero attached hydrogens (tertiary/aromatic N) is 2. The van der Waals surface area contributed by atoms with E-state index in [0.717, 1.165) is 0 Å². The maximum atomic E-state index is 12.0. The molecule has 5 heteroatoms. The molecule has 0 atom stereocenters. The Kier molecular flexibility index (Phi) is 4.47. The average molecular weight is 252 g/mol. The van der Waals surface area contributed by atoms with Crippen LogP contribution in [-0.4, -0.2) is 16.4 Å². The van der Waals surface area contributed by atoms with E-state index in [1.54, 1.807) is 0 Å². The molecule has 0 spiro atoms. The summed E-state index contributed by atoms with van der Waals surface area (Å²) in [5.74, 6) is -0.345. The lowest BCUT2D eigenvalue weighted by atomic mass is 9.94. The fourth-order valence-electron chi connectivity index (χ4n) is 1.46. The molecule has 0 aliphatic rings. The standard InChI is InChI=1S/C12H14ClN3O/c1-3-12(4-2,8-14)16-11(17)9-5-6-15-7-10(9)13/h5-7H,3-4H2,1-2H3,(H,16,17). The molecule has 0 fully saturated rings. The Balaban J connectivity index is 2.94. The van der Waals surface area contributed by atoms with E-state index in [1.165, 1.54) is 18.5 Å². The van der Waals surface area contributed by atoms with E-state index >= 15 is 0 Å². The second-order valence-corrected chi connectivity index (χ2v) is 4.12. The number of pyridine rings is 1. The number of aromatic nitrogens is 1. The molecule has 0 saturated heterocycles. The van der Waals surface area contributed by atoms with Gasteiger partial charge >= 0.3 is 0 Å². The van der Waals surface area contributed by atoms with Gasteiger partial charge in [-0.1, -0.05) is 25.4 Å². The van der Waals surface area contributed by atoms with Gasteiger partial charge in [-0.25, -0.2) is 0 Å². The van der Waals surface area contributed by atoms with Gasteiger partial charge in [-0.05, 0) is 18.9 Å². The zero-order chi connectivity index (χ0) is 12.9. The largest absolute Gasteiger partial charge is 0.334 e. The number of carbonyl (C=O) groups is 1. The molecular weight excluding hydrogens is 238 g/mol. The monoisotopic (exact) mass is 251 g/mol. The van der Waals surface area contributed by atoms with Crippen LogP contribution in [0.4, 0.5) is 0 Å². The summed E-state index contributed by atoms with van der Waals surface area (Å²) in [4.78, 5) is 15.8. The molecule has 0 aromatic carbocycles. The molecule has 0 radical (unpaired) electrons. The topological polar surface area (TPSA) is 65.8 Å². The molecule has 4 nitrogen and oxygen atoms in total. The van der Waals surface area contributed by atoms with E-state index in [0.29, 0.717) is 18.4 Å². The number of hydrogen-bond donors (Lipinski definition) is 1. The molecule has 0 aliphatic heterocycles. The van der Waals surface area contributed by atoms with E-state index in [4.69, 9.17) is 16.9 Å². The average Bonchev–Trinajstić information content (AvgIpc) is 2.36. The van der Waals surface area contributed by atoms with Crippen LogP contribution in [0.25, 0.3) is 0 Å². The predicted molar refractivity (Wildman–Crippen MR) is 65.6 cm³/mol. The minimum Gasteiger partial charge on any atom is -0.334 e. The summed E-state index contributed by atoms with van der Waals surface area (Å²) in [6, 6.07) is 3.68. The third-order valence-corrected chi connectivity index (χ3v) is 3.09. The first-order valence-corrected chi connectivity index (χ1v) is 5.79. The maximum Gasteiger partial charge on any atom is 0.254 e. The number of hydrogen-bond acceptors (Lipinski definition) is 3. The summed E-state index contributed by atoms with van der Waals surface area (Å²) in [5, 5.41) is 12.1. The molecule has 90 valence electrons. The van der Waals surface area contributed by atoms with Crippen LogP contribution in [-0.2, 0) is 0 Å². The van der Waals surface area contributed by atoms with E-state index in [-0.39, 0.29) is 10.9 Å². The van der Waals surface area contributed by atoms with Gasteiger partial charge in [0.1, 0.15) is 5.54 Å². The van der Waals surface area contributed by atoms with Crippen LogP contribution in [0.1, 0.15) is 37.0 Å². The van der Waals surface area contributed by atoms with Crippen LogP contribution in [0, 0.1) is 11.3 Å². The fourth-order valence-corrected chi connectivity index (χ4v) is 1.66. The van der Waals surface area contributed by atoms with Crippen LogP contribution >= 0.6 is 11.6 Å². The third kappa shape index (κ3) is 2.95. The van der Waals surface area contributed by atoms with Gasteiger partial charge in [-0.3, -0.25) is 9.78 Å². The smallest absolute Gasteiger partial charge is 0.254 e. The van der Waals surface area contributed by atoms with Crippen LogP contribution < -0.4 is 5.32 Å². The second kappa shape index (κ2) is 5.65. The van der Waals surface area contributed by atoms with E-state index in [2.05, 4.69) is 16.4 Å². The molecule has 1 amide bonds. The Bertz CT molecular complexity index is 449. The zero-order valence-corrected chi connectivity index (χ0v) is 10.6. The summed E-state index contributed by atoms with van der Waals surface area (Å²) in [6.07, 6.45) is 4.00. The molecule has 0 aliphatic carbocycles. The molecule has 1 rings (SSSR count). The quantitative estimate of drug-likeness (QED) is 0.894. The molecule has 17 heavy (non-hydrogen) atoms. The molecule has 1 N–H and O–H groups in total. The third-order valence-electron chi connectivity index (χ3n) is 2.79. The Hall–Kier alpha value is -1.60. The van der Waals surface area contributed by atoms with Crippen molar-refractivity contribution in [1.82, 2.24) is 10.3 Å². The van der Waals surface area contributed by atoms with Crippen LogP contribution in [0.2, 0.25) is 5.02 Å². The van der Waals surface area contributed by atoms with Crippen molar-refractivity contribution in [2.45, 2.75) is 32.2 Å². The zero-order valence-electron chi connectivity index (χ0n) is 9.83. The number of rotatable bonds is 4. The Morgan fingerprint density at radius 1 is 1.59 bits per heavy atom. The SMILES string of the molecule is CCC(C#N)(CC)NC(=O)c1ccncc1Cl. The van der Waals surface area contributed by atoms with Crippen molar-refractivity contribution in [1.29, 1.82) is 5.26 Å². The Morgan fingerprint density at radius 2 is 2.24 bits per heavy atom. The highest BCUT2D eigenvalue weighted by atomic mass is 35.5. The summed E-state index contributed by atoms with van der Waals surface area (Å²) in [7, 11) is 0. The second-order valence-electron chi connectivity index (χ2n) is 3.71. The lowest BCUT2D eigenvalue weighted by Crippen LogP contribution is -2.46. The lowest BCUT2D eigenvalue weighted by molar-refractivity contribution is 0.0915. The van der Waals surface area contributed by atoms with Gasteiger partial charge in [0.05, 0.1) is 16.7 Å². The summed E-state index contributed by atoms with van der Waals surface area (Å²) >= 11 is 5.87. The fraction of sp³-hybridized carbons (Fsp3) is 0.417. The molecular formula is C12H14ClN3O. The van der Waals surface area contributed by atoms with E-state index in [9.17, 15) is 4.79 Å². The molecule has 1 aromatic rings. The van der Waals surface area contributed by atoms with Crippen LogP contribution in [0.5, 0.6) is 0 Å².